The summed E-state index contributed by atoms with van der Waals surface area (Å²) in [6.45, 7) is 5.77. The van der Waals surface area contributed by atoms with Crippen LogP contribution in [0.4, 0.5) is 0 Å². The summed E-state index contributed by atoms with van der Waals surface area (Å²) in [5, 5.41) is 0. The number of carbonyl (C=O) groups excluding carboxylic acids is 1. The van der Waals surface area contributed by atoms with Gasteiger partial charge in [-0.3, -0.25) is 4.79 Å². The molecule has 6 rings (SSSR count). The summed E-state index contributed by atoms with van der Waals surface area (Å²) in [5.74, 6) is 2.27. The van der Waals surface area contributed by atoms with Crippen LogP contribution in [0.3, 0.4) is 0 Å². The van der Waals surface area contributed by atoms with Gasteiger partial charge in [0.25, 0.3) is 0 Å². The first-order valence-corrected chi connectivity index (χ1v) is 12.0. The largest absolute Gasteiger partial charge is 0.337 e. The van der Waals surface area contributed by atoms with Crippen LogP contribution in [0.25, 0.3) is 0 Å². The van der Waals surface area contributed by atoms with Gasteiger partial charge in [0, 0.05) is 35.9 Å². The Morgan fingerprint density at radius 2 is 1.65 bits per heavy atom. The van der Waals surface area contributed by atoms with E-state index >= 15 is 0 Å². The summed E-state index contributed by atoms with van der Waals surface area (Å²) >= 11 is 4.12. The van der Waals surface area contributed by atoms with Gasteiger partial charge in [0.15, 0.2) is 0 Å². The Balaban J connectivity index is 1.29. The lowest BCUT2D eigenvalue weighted by molar-refractivity contribution is -0.142. The molecule has 5 saturated carbocycles. The fourth-order valence-corrected chi connectivity index (χ4v) is 9.04. The van der Waals surface area contributed by atoms with Crippen molar-refractivity contribution in [2.75, 3.05) is 19.6 Å². The summed E-state index contributed by atoms with van der Waals surface area (Å²) in [4.78, 5) is 18.5. The van der Waals surface area contributed by atoms with Gasteiger partial charge in [-0.05, 0) is 88.0 Å². The average Bonchev–Trinajstić information content (AvgIpc) is 3.37. The topological polar surface area (TPSA) is 23.6 Å². The van der Waals surface area contributed by atoms with E-state index in [0.29, 0.717) is 27.7 Å². The summed E-state index contributed by atoms with van der Waals surface area (Å²) < 4.78 is 0.369. The molecule has 2 atom stereocenters. The first kappa shape index (κ1) is 18.0. The van der Waals surface area contributed by atoms with Crippen LogP contribution in [0.5, 0.6) is 0 Å². The minimum absolute atomic E-state index is 0.321. The van der Waals surface area contributed by atoms with Gasteiger partial charge in [0.1, 0.15) is 0 Å². The van der Waals surface area contributed by atoms with E-state index in [2.05, 4.69) is 32.7 Å². The first-order valence-electron chi connectivity index (χ1n) is 11.2. The van der Waals surface area contributed by atoms with E-state index in [4.69, 9.17) is 0 Å². The molecule has 0 radical (unpaired) electrons. The summed E-state index contributed by atoms with van der Waals surface area (Å²) in [6, 6.07) is 1.09. The molecule has 1 aliphatic heterocycles. The highest BCUT2D eigenvalue weighted by Gasteiger charge is 2.57. The number of hydrogen-bond acceptors (Lipinski definition) is 2. The molecule has 4 heteroatoms. The molecule has 6 aliphatic rings. The SMILES string of the molecule is CCN1CCC(N(C(=O)CC23CC4CC(CC(Br)(C4)C2)C3)C2CC2)CC1. The Morgan fingerprint density at radius 1 is 1.04 bits per heavy atom. The van der Waals surface area contributed by atoms with Gasteiger partial charge >= 0.3 is 0 Å². The van der Waals surface area contributed by atoms with Crippen molar-refractivity contribution < 1.29 is 4.79 Å². The van der Waals surface area contributed by atoms with E-state index in [9.17, 15) is 4.79 Å². The van der Waals surface area contributed by atoms with Crippen LogP contribution in [0.15, 0.2) is 0 Å². The number of alkyl halides is 1. The highest BCUT2D eigenvalue weighted by Crippen LogP contribution is 2.65. The van der Waals surface area contributed by atoms with Crippen molar-refractivity contribution in [2.24, 2.45) is 17.3 Å². The van der Waals surface area contributed by atoms with Crippen molar-refractivity contribution in [2.45, 2.75) is 94.0 Å². The van der Waals surface area contributed by atoms with Gasteiger partial charge in [0.05, 0.1) is 0 Å². The fraction of sp³-hybridized carbons (Fsp3) is 0.955. The fourth-order valence-electron chi connectivity index (χ4n) is 7.53. The zero-order valence-electron chi connectivity index (χ0n) is 16.4. The molecular weight excluding hydrogens is 388 g/mol. The Morgan fingerprint density at radius 3 is 2.19 bits per heavy atom. The molecule has 0 aromatic rings. The van der Waals surface area contributed by atoms with E-state index in [1.165, 1.54) is 77.3 Å². The second-order valence-corrected chi connectivity index (χ2v) is 12.2. The molecule has 1 amide bonds. The van der Waals surface area contributed by atoms with Crippen molar-refractivity contribution in [3.8, 4) is 0 Å². The molecule has 1 heterocycles. The Labute approximate surface area is 167 Å². The number of nitrogens with zero attached hydrogens (tertiary/aromatic N) is 2. The third kappa shape index (κ3) is 3.27. The molecule has 0 spiro atoms. The molecule has 0 aromatic carbocycles. The number of carbonyl (C=O) groups is 1. The predicted octanol–water partition coefficient (Wildman–Crippen LogP) is 4.59. The van der Waals surface area contributed by atoms with Crippen LogP contribution in [0, 0.1) is 17.3 Å². The summed E-state index contributed by atoms with van der Waals surface area (Å²) in [5.41, 5.74) is 0.321. The van der Waals surface area contributed by atoms with Crippen molar-refractivity contribution in [1.82, 2.24) is 9.80 Å². The molecule has 26 heavy (non-hydrogen) atoms. The summed E-state index contributed by atoms with van der Waals surface area (Å²) in [7, 11) is 0. The van der Waals surface area contributed by atoms with Crippen LogP contribution in [-0.4, -0.2) is 51.7 Å². The molecule has 3 nitrogen and oxygen atoms in total. The maximum absolute atomic E-state index is 13.6. The van der Waals surface area contributed by atoms with Gasteiger partial charge in [0.2, 0.25) is 5.91 Å². The van der Waals surface area contributed by atoms with Gasteiger partial charge in [-0.1, -0.05) is 22.9 Å². The van der Waals surface area contributed by atoms with E-state index in [0.717, 1.165) is 24.8 Å². The second kappa shape index (κ2) is 6.47. The highest BCUT2D eigenvalue weighted by atomic mass is 79.9. The maximum Gasteiger partial charge on any atom is 0.223 e. The van der Waals surface area contributed by atoms with Gasteiger partial charge < -0.3 is 9.80 Å². The highest BCUT2D eigenvalue weighted by molar-refractivity contribution is 9.10. The van der Waals surface area contributed by atoms with Crippen LogP contribution < -0.4 is 0 Å². The number of hydrogen-bond donors (Lipinski definition) is 0. The minimum atomic E-state index is 0.321. The molecule has 146 valence electrons. The van der Waals surface area contributed by atoms with Gasteiger partial charge in [-0.2, -0.15) is 0 Å². The number of rotatable bonds is 5. The maximum atomic E-state index is 13.6. The monoisotopic (exact) mass is 422 g/mol. The third-order valence-electron chi connectivity index (χ3n) is 8.26. The Kier molecular flexibility index (Phi) is 4.47. The lowest BCUT2D eigenvalue weighted by Crippen LogP contribution is -2.55. The standard InChI is InChI=1S/C22H35BrN2O/c1-2-24-7-5-19(6-8-24)25(18-3-4-18)20(26)14-21-10-16-9-17(11-21)13-22(23,12-16)15-21/h16-19H,2-15H2,1H3. The zero-order valence-corrected chi connectivity index (χ0v) is 18.0. The van der Waals surface area contributed by atoms with E-state index in [1.54, 1.807) is 0 Å². The molecular formula is C22H35BrN2O. The number of piperidine rings is 1. The van der Waals surface area contributed by atoms with Crippen LogP contribution in [0.1, 0.15) is 77.6 Å². The summed E-state index contributed by atoms with van der Waals surface area (Å²) in [6.07, 6.45) is 13.8. The molecule has 1 saturated heterocycles. The smallest absolute Gasteiger partial charge is 0.223 e. The van der Waals surface area contributed by atoms with Gasteiger partial charge in [-0.25, -0.2) is 0 Å². The zero-order chi connectivity index (χ0) is 17.9. The molecule has 0 aromatic heterocycles. The minimum Gasteiger partial charge on any atom is -0.337 e. The van der Waals surface area contributed by atoms with Crippen molar-refractivity contribution in [1.29, 1.82) is 0 Å². The van der Waals surface area contributed by atoms with Crippen molar-refractivity contribution in [3.63, 3.8) is 0 Å². The molecule has 6 fully saturated rings. The lowest BCUT2D eigenvalue weighted by Gasteiger charge is -2.60. The average molecular weight is 423 g/mol. The Bertz CT molecular complexity index is 552. The number of amides is 1. The second-order valence-electron chi connectivity index (χ2n) is 10.5. The predicted molar refractivity (Wildman–Crippen MR) is 108 cm³/mol. The Hall–Kier alpha value is -0.0900. The third-order valence-corrected chi connectivity index (χ3v) is 9.19. The van der Waals surface area contributed by atoms with E-state index < -0.39 is 0 Å². The quantitative estimate of drug-likeness (QED) is 0.604. The van der Waals surface area contributed by atoms with Crippen LogP contribution >= 0.6 is 15.9 Å². The van der Waals surface area contributed by atoms with Crippen LogP contribution in [-0.2, 0) is 4.79 Å². The van der Waals surface area contributed by atoms with Crippen LogP contribution in [0.2, 0.25) is 0 Å². The van der Waals surface area contributed by atoms with Crippen molar-refractivity contribution >= 4 is 21.8 Å². The molecule has 2 unspecified atom stereocenters. The van der Waals surface area contributed by atoms with Gasteiger partial charge in [-0.15, -0.1) is 0 Å². The molecule has 4 bridgehead atoms. The molecule has 0 N–H and O–H groups in total. The first-order chi connectivity index (χ1) is 12.5. The lowest BCUT2D eigenvalue weighted by atomic mass is 9.48. The van der Waals surface area contributed by atoms with E-state index in [1.807, 2.05) is 0 Å². The van der Waals surface area contributed by atoms with E-state index in [-0.39, 0.29) is 0 Å². The normalized spacial score (nSPS) is 43.0. The number of halogens is 1. The number of likely N-dealkylation sites (tertiary alicyclic amines) is 1. The van der Waals surface area contributed by atoms with Crippen molar-refractivity contribution in [3.05, 3.63) is 0 Å². The molecule has 5 aliphatic carbocycles.